The van der Waals surface area contributed by atoms with Crippen molar-refractivity contribution in [1.82, 2.24) is 9.78 Å². The average Bonchev–Trinajstić information content (AvgIpc) is 2.74. The number of hydrogen-bond acceptors (Lipinski definition) is 4. The monoisotopic (exact) mass is 283 g/mol. The molecular weight excluding hydrogens is 273 g/mol. The van der Waals surface area contributed by atoms with Gasteiger partial charge in [-0.25, -0.2) is 13.9 Å². The summed E-state index contributed by atoms with van der Waals surface area (Å²) in [6, 6.07) is 3.98. The highest BCUT2D eigenvalue weighted by Crippen LogP contribution is 2.23. The lowest BCUT2D eigenvalue weighted by Crippen LogP contribution is -2.09. The van der Waals surface area contributed by atoms with Crippen molar-refractivity contribution in [1.29, 1.82) is 0 Å². The van der Waals surface area contributed by atoms with E-state index in [0.717, 1.165) is 4.68 Å². The molecule has 0 aliphatic carbocycles. The van der Waals surface area contributed by atoms with Crippen molar-refractivity contribution < 1.29 is 13.9 Å². The molecule has 2 aromatic rings. The Balaban J connectivity index is 2.47. The van der Waals surface area contributed by atoms with Crippen LogP contribution < -0.4 is 5.73 Å². The Morgan fingerprint density at radius 1 is 1.58 bits per heavy atom. The largest absolute Gasteiger partial charge is 0.462 e. The molecule has 1 aromatic carbocycles. The van der Waals surface area contributed by atoms with Crippen LogP contribution in [0.3, 0.4) is 0 Å². The standard InChI is InChI=1S/C12H11ClFN3O2/c1-2-19-12(18)8-6-16-17(11(8)15)10-5-7(13)3-4-9(10)14/h3-6H,2,15H2,1H3. The van der Waals surface area contributed by atoms with Gasteiger partial charge in [0.15, 0.2) is 0 Å². The molecule has 0 saturated carbocycles. The Hall–Kier alpha value is -2.08. The Labute approximate surface area is 113 Å². The maximum Gasteiger partial charge on any atom is 0.343 e. The van der Waals surface area contributed by atoms with Gasteiger partial charge in [0.25, 0.3) is 0 Å². The van der Waals surface area contributed by atoms with Crippen molar-refractivity contribution in [2.24, 2.45) is 0 Å². The molecule has 7 heteroatoms. The lowest BCUT2D eigenvalue weighted by atomic mass is 10.3. The molecule has 0 saturated heterocycles. The van der Waals surface area contributed by atoms with Gasteiger partial charge in [-0.15, -0.1) is 0 Å². The van der Waals surface area contributed by atoms with Gasteiger partial charge in [0.1, 0.15) is 22.9 Å². The van der Waals surface area contributed by atoms with Gasteiger partial charge in [0.05, 0.1) is 12.8 Å². The van der Waals surface area contributed by atoms with Crippen molar-refractivity contribution >= 4 is 23.4 Å². The molecule has 0 aliphatic rings. The SMILES string of the molecule is CCOC(=O)c1cnn(-c2cc(Cl)ccc2F)c1N. The number of aromatic nitrogens is 2. The van der Waals surface area contributed by atoms with Gasteiger partial charge >= 0.3 is 5.97 Å². The van der Waals surface area contributed by atoms with E-state index in [2.05, 4.69) is 5.10 Å². The zero-order valence-corrected chi connectivity index (χ0v) is 10.8. The van der Waals surface area contributed by atoms with Crippen molar-refractivity contribution in [3.63, 3.8) is 0 Å². The average molecular weight is 284 g/mol. The van der Waals surface area contributed by atoms with E-state index in [-0.39, 0.29) is 23.7 Å². The molecule has 0 radical (unpaired) electrons. The van der Waals surface area contributed by atoms with E-state index in [9.17, 15) is 9.18 Å². The second-order valence-electron chi connectivity index (χ2n) is 3.67. The summed E-state index contributed by atoms with van der Waals surface area (Å²) in [5, 5.41) is 4.22. The summed E-state index contributed by atoms with van der Waals surface area (Å²) >= 11 is 5.80. The summed E-state index contributed by atoms with van der Waals surface area (Å²) in [6.45, 7) is 1.89. The molecule has 0 fully saturated rings. The first-order valence-corrected chi connectivity index (χ1v) is 5.88. The molecule has 5 nitrogen and oxygen atoms in total. The van der Waals surface area contributed by atoms with Crippen molar-refractivity contribution in [3.05, 3.63) is 40.8 Å². The zero-order chi connectivity index (χ0) is 14.0. The van der Waals surface area contributed by atoms with Crippen LogP contribution in [0.2, 0.25) is 5.02 Å². The molecule has 1 aromatic heterocycles. The van der Waals surface area contributed by atoms with Gasteiger partial charge in [0.2, 0.25) is 0 Å². The summed E-state index contributed by atoms with van der Waals surface area (Å²) < 4.78 is 19.6. The van der Waals surface area contributed by atoms with Gasteiger partial charge in [-0.3, -0.25) is 0 Å². The van der Waals surface area contributed by atoms with E-state index < -0.39 is 11.8 Å². The molecule has 0 bridgehead atoms. The number of benzene rings is 1. The van der Waals surface area contributed by atoms with E-state index in [1.54, 1.807) is 6.92 Å². The summed E-state index contributed by atoms with van der Waals surface area (Å²) in [4.78, 5) is 11.6. The number of rotatable bonds is 3. The minimum Gasteiger partial charge on any atom is -0.462 e. The van der Waals surface area contributed by atoms with Gasteiger partial charge in [-0.1, -0.05) is 11.6 Å². The summed E-state index contributed by atoms with van der Waals surface area (Å²) in [6.07, 6.45) is 1.23. The van der Waals surface area contributed by atoms with E-state index in [1.807, 2.05) is 0 Å². The maximum absolute atomic E-state index is 13.7. The first kappa shape index (κ1) is 13.4. The summed E-state index contributed by atoms with van der Waals surface area (Å²) in [7, 11) is 0. The number of esters is 1. The minimum atomic E-state index is -0.603. The minimum absolute atomic E-state index is 0.000355. The van der Waals surface area contributed by atoms with E-state index >= 15 is 0 Å². The van der Waals surface area contributed by atoms with Crippen molar-refractivity contribution in [2.75, 3.05) is 12.3 Å². The number of halogens is 2. The lowest BCUT2D eigenvalue weighted by molar-refractivity contribution is 0.0527. The number of nitrogen functional groups attached to an aromatic ring is 1. The molecule has 19 heavy (non-hydrogen) atoms. The number of ether oxygens (including phenoxy) is 1. The highest BCUT2D eigenvalue weighted by atomic mass is 35.5. The van der Waals surface area contributed by atoms with Gasteiger partial charge in [0, 0.05) is 5.02 Å². The van der Waals surface area contributed by atoms with Gasteiger partial charge in [-0.2, -0.15) is 5.10 Å². The highest BCUT2D eigenvalue weighted by molar-refractivity contribution is 6.30. The molecule has 0 unspecified atom stereocenters. The van der Waals surface area contributed by atoms with Crippen LogP contribution in [-0.2, 0) is 4.74 Å². The summed E-state index contributed by atoms with van der Waals surface area (Å²) in [5.41, 5.74) is 5.93. The Kier molecular flexibility index (Phi) is 3.71. The molecule has 1 heterocycles. The number of carbonyl (C=O) groups is 1. The Morgan fingerprint density at radius 2 is 2.32 bits per heavy atom. The quantitative estimate of drug-likeness (QED) is 0.878. The maximum atomic E-state index is 13.7. The van der Waals surface area contributed by atoms with Crippen LogP contribution >= 0.6 is 11.6 Å². The van der Waals surface area contributed by atoms with E-state index in [0.29, 0.717) is 5.02 Å². The first-order valence-electron chi connectivity index (χ1n) is 5.50. The molecule has 0 amide bonds. The van der Waals surface area contributed by atoms with Gasteiger partial charge in [-0.05, 0) is 25.1 Å². The lowest BCUT2D eigenvalue weighted by Gasteiger charge is -2.06. The molecule has 2 N–H and O–H groups in total. The molecule has 100 valence electrons. The molecule has 0 atom stereocenters. The van der Waals surface area contributed by atoms with Crippen LogP contribution in [0.1, 0.15) is 17.3 Å². The fraction of sp³-hybridized carbons (Fsp3) is 0.167. The molecule has 0 aliphatic heterocycles. The van der Waals surface area contributed by atoms with Crippen LogP contribution in [0.15, 0.2) is 24.4 Å². The first-order chi connectivity index (χ1) is 9.04. The summed E-state index contributed by atoms with van der Waals surface area (Å²) in [5.74, 6) is -1.15. The van der Waals surface area contributed by atoms with Crippen LogP contribution in [0.25, 0.3) is 5.69 Å². The normalized spacial score (nSPS) is 10.5. The topological polar surface area (TPSA) is 70.1 Å². The van der Waals surface area contributed by atoms with Crippen LogP contribution in [0.5, 0.6) is 0 Å². The third-order valence-corrected chi connectivity index (χ3v) is 2.67. The smallest absolute Gasteiger partial charge is 0.343 e. The van der Waals surface area contributed by atoms with Crippen LogP contribution in [0.4, 0.5) is 10.2 Å². The molecular formula is C12H11ClFN3O2. The fourth-order valence-corrected chi connectivity index (χ4v) is 1.73. The van der Waals surface area contributed by atoms with Crippen molar-refractivity contribution in [3.8, 4) is 5.69 Å². The number of nitrogens with two attached hydrogens (primary N) is 1. The molecule has 2 rings (SSSR count). The van der Waals surface area contributed by atoms with Crippen LogP contribution in [-0.4, -0.2) is 22.4 Å². The third-order valence-electron chi connectivity index (χ3n) is 2.44. The second kappa shape index (κ2) is 5.27. The van der Waals surface area contributed by atoms with E-state index in [1.165, 1.54) is 24.4 Å². The van der Waals surface area contributed by atoms with E-state index in [4.69, 9.17) is 22.1 Å². The predicted molar refractivity (Wildman–Crippen MR) is 68.9 cm³/mol. The highest BCUT2D eigenvalue weighted by Gasteiger charge is 2.18. The number of hydrogen-bond donors (Lipinski definition) is 1. The Morgan fingerprint density at radius 3 is 3.00 bits per heavy atom. The predicted octanol–water partition coefficient (Wildman–Crippen LogP) is 2.42. The zero-order valence-electron chi connectivity index (χ0n) is 10.1. The van der Waals surface area contributed by atoms with Crippen molar-refractivity contribution in [2.45, 2.75) is 6.92 Å². The van der Waals surface area contributed by atoms with Crippen LogP contribution in [0, 0.1) is 5.82 Å². The molecule has 0 spiro atoms. The third kappa shape index (κ3) is 2.53. The Bertz CT molecular complexity index is 627. The fourth-order valence-electron chi connectivity index (χ4n) is 1.56. The number of anilines is 1. The number of carbonyl (C=O) groups excluding carboxylic acids is 1. The second-order valence-corrected chi connectivity index (χ2v) is 4.11. The number of nitrogens with zero attached hydrogens (tertiary/aromatic N) is 2. The van der Waals surface area contributed by atoms with Gasteiger partial charge < -0.3 is 10.5 Å².